The number of phenolic OH excluding ortho intramolecular Hbond substituents is 1. The quantitative estimate of drug-likeness (QED) is 0.504. The van der Waals surface area contributed by atoms with Crippen LogP contribution in [0.1, 0.15) is 5.56 Å². The summed E-state index contributed by atoms with van der Waals surface area (Å²) in [4.78, 5) is 13.0. The van der Waals surface area contributed by atoms with Gasteiger partial charge in [0.2, 0.25) is 0 Å². The molecule has 8 nitrogen and oxygen atoms in total. The molecule has 0 unspecified atom stereocenters. The minimum atomic E-state index is -3.91. The fraction of sp³-hybridized carbons (Fsp3) is 0.0833. The molecule has 0 saturated heterocycles. The molecule has 1 heterocycles. The van der Waals surface area contributed by atoms with Crippen molar-refractivity contribution in [1.82, 2.24) is 4.98 Å². The van der Waals surface area contributed by atoms with E-state index in [0.717, 1.165) is 18.3 Å². The first-order valence-electron chi connectivity index (χ1n) is 5.72. The number of anilines is 1. The van der Waals surface area contributed by atoms with Crippen LogP contribution in [0, 0.1) is 17.0 Å². The molecular formula is C12H11N3O5S. The number of rotatable bonds is 4. The molecule has 0 aliphatic rings. The van der Waals surface area contributed by atoms with Crippen molar-refractivity contribution in [2.75, 3.05) is 4.72 Å². The van der Waals surface area contributed by atoms with Crippen LogP contribution < -0.4 is 4.72 Å². The Balaban J connectivity index is 2.31. The Morgan fingerprint density at radius 2 is 2.00 bits per heavy atom. The molecule has 0 radical (unpaired) electrons. The standard InChI is InChI=1S/C12H11N3O5S/c1-8-6-9(16)2-4-11(8)14-21(19,20)10-3-5-12(13-7-10)15(17)18/h2-7,14,16H,1H3. The molecule has 0 aliphatic heterocycles. The van der Waals surface area contributed by atoms with Gasteiger partial charge < -0.3 is 15.2 Å². The van der Waals surface area contributed by atoms with Gasteiger partial charge in [-0.3, -0.25) is 4.72 Å². The Morgan fingerprint density at radius 3 is 2.52 bits per heavy atom. The summed E-state index contributed by atoms with van der Waals surface area (Å²) in [5, 5.41) is 19.8. The maximum absolute atomic E-state index is 12.1. The number of benzene rings is 1. The summed E-state index contributed by atoms with van der Waals surface area (Å²) < 4.78 is 26.6. The highest BCUT2D eigenvalue weighted by Gasteiger charge is 2.19. The molecule has 0 fully saturated rings. The normalized spacial score (nSPS) is 11.1. The molecular weight excluding hydrogens is 298 g/mol. The summed E-state index contributed by atoms with van der Waals surface area (Å²) in [6.07, 6.45) is 0.913. The molecule has 0 amide bonds. The lowest BCUT2D eigenvalue weighted by atomic mass is 10.2. The average molecular weight is 309 g/mol. The molecule has 0 bridgehead atoms. The summed E-state index contributed by atoms with van der Waals surface area (Å²) in [6, 6.07) is 6.29. The Bertz CT molecular complexity index is 787. The first-order valence-corrected chi connectivity index (χ1v) is 7.21. The van der Waals surface area contributed by atoms with Gasteiger partial charge in [0.15, 0.2) is 6.20 Å². The second-order valence-electron chi connectivity index (χ2n) is 4.21. The summed E-state index contributed by atoms with van der Waals surface area (Å²) in [6.45, 7) is 1.63. The first-order chi connectivity index (χ1) is 9.79. The van der Waals surface area contributed by atoms with Crippen molar-refractivity contribution >= 4 is 21.5 Å². The molecule has 1 aromatic heterocycles. The average Bonchev–Trinajstić information content (AvgIpc) is 2.42. The van der Waals surface area contributed by atoms with Gasteiger partial charge in [0.05, 0.1) is 5.69 Å². The number of phenols is 1. The largest absolute Gasteiger partial charge is 0.508 e. The lowest BCUT2D eigenvalue weighted by Crippen LogP contribution is -2.14. The Kier molecular flexibility index (Phi) is 3.76. The van der Waals surface area contributed by atoms with Gasteiger partial charge in [0.1, 0.15) is 10.6 Å². The maximum Gasteiger partial charge on any atom is 0.363 e. The van der Waals surface area contributed by atoms with Gasteiger partial charge in [-0.2, -0.15) is 0 Å². The van der Waals surface area contributed by atoms with Crippen molar-refractivity contribution in [3.8, 4) is 5.75 Å². The van der Waals surface area contributed by atoms with E-state index >= 15 is 0 Å². The molecule has 110 valence electrons. The van der Waals surface area contributed by atoms with Gasteiger partial charge in [0.25, 0.3) is 10.0 Å². The van der Waals surface area contributed by atoms with E-state index in [4.69, 9.17) is 0 Å². The van der Waals surface area contributed by atoms with E-state index in [0.29, 0.717) is 11.3 Å². The minimum Gasteiger partial charge on any atom is -0.508 e. The molecule has 0 spiro atoms. The highest BCUT2D eigenvalue weighted by Crippen LogP contribution is 2.23. The van der Waals surface area contributed by atoms with E-state index in [9.17, 15) is 23.6 Å². The molecule has 2 aromatic rings. The van der Waals surface area contributed by atoms with Crippen molar-refractivity contribution in [1.29, 1.82) is 0 Å². The number of nitrogens with zero attached hydrogens (tertiary/aromatic N) is 2. The molecule has 9 heteroatoms. The predicted molar refractivity (Wildman–Crippen MR) is 74.5 cm³/mol. The minimum absolute atomic E-state index is 0.0208. The highest BCUT2D eigenvalue weighted by atomic mass is 32.2. The van der Waals surface area contributed by atoms with Gasteiger partial charge in [-0.1, -0.05) is 0 Å². The number of aryl methyl sites for hydroxylation is 1. The number of pyridine rings is 1. The van der Waals surface area contributed by atoms with Crippen LogP contribution in [0.3, 0.4) is 0 Å². The molecule has 2 rings (SSSR count). The van der Waals surface area contributed by atoms with Gasteiger partial charge >= 0.3 is 5.82 Å². The van der Waals surface area contributed by atoms with Crippen molar-refractivity contribution in [2.45, 2.75) is 11.8 Å². The molecule has 21 heavy (non-hydrogen) atoms. The number of nitrogens with one attached hydrogen (secondary N) is 1. The van der Waals surface area contributed by atoms with E-state index in [-0.39, 0.29) is 10.6 Å². The van der Waals surface area contributed by atoms with Crippen LogP contribution in [-0.2, 0) is 10.0 Å². The lowest BCUT2D eigenvalue weighted by molar-refractivity contribution is -0.389. The van der Waals surface area contributed by atoms with E-state index in [1.807, 2.05) is 0 Å². The zero-order valence-electron chi connectivity index (χ0n) is 10.8. The molecule has 0 aliphatic carbocycles. The van der Waals surface area contributed by atoms with Crippen molar-refractivity contribution in [3.05, 3.63) is 52.2 Å². The van der Waals surface area contributed by atoms with Gasteiger partial charge in [-0.15, -0.1) is 0 Å². The highest BCUT2D eigenvalue weighted by molar-refractivity contribution is 7.92. The number of nitro groups is 1. The van der Waals surface area contributed by atoms with Crippen LogP contribution in [0.15, 0.2) is 41.4 Å². The molecule has 0 saturated carbocycles. The maximum atomic E-state index is 12.1. The van der Waals surface area contributed by atoms with Crippen molar-refractivity contribution in [3.63, 3.8) is 0 Å². The summed E-state index contributed by atoms with van der Waals surface area (Å²) in [5.74, 6) is -0.415. The predicted octanol–water partition coefficient (Wildman–Crippen LogP) is 1.80. The Hall–Kier alpha value is -2.68. The third-order valence-electron chi connectivity index (χ3n) is 2.67. The lowest BCUT2D eigenvalue weighted by Gasteiger charge is -2.09. The number of aromatic nitrogens is 1. The summed E-state index contributed by atoms with van der Waals surface area (Å²) in [7, 11) is -3.91. The number of aromatic hydroxyl groups is 1. The fourth-order valence-electron chi connectivity index (χ4n) is 1.61. The smallest absolute Gasteiger partial charge is 0.363 e. The second kappa shape index (κ2) is 5.37. The van der Waals surface area contributed by atoms with Crippen molar-refractivity contribution in [2.24, 2.45) is 0 Å². The van der Waals surface area contributed by atoms with Crippen LogP contribution >= 0.6 is 0 Å². The second-order valence-corrected chi connectivity index (χ2v) is 5.90. The third-order valence-corrected chi connectivity index (χ3v) is 4.02. The first kappa shape index (κ1) is 14.7. The monoisotopic (exact) mass is 309 g/mol. The van der Waals surface area contributed by atoms with Crippen LogP contribution in [0.4, 0.5) is 11.5 Å². The van der Waals surface area contributed by atoms with Gasteiger partial charge in [0, 0.05) is 6.07 Å². The Labute approximate surface area is 120 Å². The van der Waals surface area contributed by atoms with E-state index in [1.54, 1.807) is 6.92 Å². The zero-order valence-corrected chi connectivity index (χ0v) is 11.7. The van der Waals surface area contributed by atoms with E-state index in [1.165, 1.54) is 18.2 Å². The number of sulfonamides is 1. The van der Waals surface area contributed by atoms with Crippen LogP contribution in [0.5, 0.6) is 5.75 Å². The van der Waals surface area contributed by atoms with Gasteiger partial charge in [-0.25, -0.2) is 8.42 Å². The SMILES string of the molecule is Cc1cc(O)ccc1NS(=O)(=O)c1ccc([N+](=O)[O-])nc1. The topological polar surface area (TPSA) is 122 Å². The number of hydrogen-bond acceptors (Lipinski definition) is 6. The molecule has 0 atom stereocenters. The van der Waals surface area contributed by atoms with Crippen LogP contribution in [0.2, 0.25) is 0 Å². The van der Waals surface area contributed by atoms with E-state index in [2.05, 4.69) is 9.71 Å². The third kappa shape index (κ3) is 3.26. The fourth-order valence-corrected chi connectivity index (χ4v) is 2.68. The zero-order chi connectivity index (χ0) is 15.6. The van der Waals surface area contributed by atoms with E-state index < -0.39 is 20.8 Å². The summed E-state index contributed by atoms with van der Waals surface area (Å²) >= 11 is 0. The Morgan fingerprint density at radius 1 is 1.29 bits per heavy atom. The van der Waals surface area contributed by atoms with Crippen LogP contribution in [-0.4, -0.2) is 23.4 Å². The van der Waals surface area contributed by atoms with Gasteiger partial charge in [-0.05, 0) is 46.7 Å². The van der Waals surface area contributed by atoms with Crippen LogP contribution in [0.25, 0.3) is 0 Å². The molecule has 2 N–H and O–H groups in total. The molecule has 1 aromatic carbocycles. The number of hydrogen-bond donors (Lipinski definition) is 2. The van der Waals surface area contributed by atoms with Crippen molar-refractivity contribution < 1.29 is 18.4 Å². The summed E-state index contributed by atoms with van der Waals surface area (Å²) in [5.41, 5.74) is 0.833.